The van der Waals surface area contributed by atoms with E-state index in [0.29, 0.717) is 12.2 Å². The van der Waals surface area contributed by atoms with Crippen LogP contribution in [0.15, 0.2) is 21.2 Å². The fourth-order valence-corrected chi connectivity index (χ4v) is 1.34. The zero-order chi connectivity index (χ0) is 8.27. The molecular weight excluding hydrogens is 210 g/mol. The van der Waals surface area contributed by atoms with Gasteiger partial charge in [0.1, 0.15) is 5.76 Å². The minimum atomic E-state index is -0.218. The maximum absolute atomic E-state index is 8.59. The summed E-state index contributed by atoms with van der Waals surface area (Å²) < 4.78 is 5.96. The van der Waals surface area contributed by atoms with Crippen LogP contribution in [-0.4, -0.2) is 11.7 Å². The van der Waals surface area contributed by atoms with Gasteiger partial charge in [-0.1, -0.05) is 0 Å². The highest BCUT2D eigenvalue weighted by Crippen LogP contribution is 2.24. The molecule has 62 valence electrons. The predicted molar refractivity (Wildman–Crippen MR) is 45.0 cm³/mol. The van der Waals surface area contributed by atoms with Gasteiger partial charge in [0.15, 0.2) is 0 Å². The first-order valence-electron chi connectivity index (χ1n) is 3.35. The summed E-state index contributed by atoms with van der Waals surface area (Å²) in [5.41, 5.74) is 5.67. The molecule has 0 aliphatic rings. The first-order chi connectivity index (χ1) is 5.25. The molecule has 0 fully saturated rings. The summed E-state index contributed by atoms with van der Waals surface area (Å²) in [5.74, 6) is 0.694. The lowest BCUT2D eigenvalue weighted by molar-refractivity contribution is 0.268. The quantitative estimate of drug-likeness (QED) is 0.809. The number of hydrogen-bond acceptors (Lipinski definition) is 3. The summed E-state index contributed by atoms with van der Waals surface area (Å²) in [4.78, 5) is 0. The molecule has 3 nitrogen and oxygen atoms in total. The largest absolute Gasteiger partial charge is 0.466 e. The molecule has 11 heavy (non-hydrogen) atoms. The van der Waals surface area contributed by atoms with E-state index in [1.165, 1.54) is 0 Å². The van der Waals surface area contributed by atoms with Gasteiger partial charge in [0.25, 0.3) is 0 Å². The van der Waals surface area contributed by atoms with Crippen LogP contribution in [0.1, 0.15) is 18.2 Å². The Morgan fingerprint density at radius 2 is 2.45 bits per heavy atom. The van der Waals surface area contributed by atoms with Crippen LogP contribution in [0, 0.1) is 0 Å². The van der Waals surface area contributed by atoms with Crippen molar-refractivity contribution in [2.45, 2.75) is 12.5 Å². The SMILES string of the molecule is NC(CCO)c1occc1Br. The zero-order valence-electron chi connectivity index (χ0n) is 5.96. The molecular formula is C7H10BrNO2. The minimum absolute atomic E-state index is 0.0777. The highest BCUT2D eigenvalue weighted by atomic mass is 79.9. The molecule has 0 aromatic carbocycles. The van der Waals surface area contributed by atoms with E-state index in [-0.39, 0.29) is 12.6 Å². The molecule has 0 radical (unpaired) electrons. The molecule has 1 aromatic heterocycles. The van der Waals surface area contributed by atoms with Crippen LogP contribution in [0.25, 0.3) is 0 Å². The van der Waals surface area contributed by atoms with Gasteiger partial charge in [0.05, 0.1) is 16.8 Å². The third kappa shape index (κ3) is 2.05. The van der Waals surface area contributed by atoms with Gasteiger partial charge in [-0.15, -0.1) is 0 Å². The fraction of sp³-hybridized carbons (Fsp3) is 0.429. The molecule has 0 spiro atoms. The third-order valence-electron chi connectivity index (χ3n) is 1.42. The van der Waals surface area contributed by atoms with Gasteiger partial charge in [-0.25, -0.2) is 0 Å². The van der Waals surface area contributed by atoms with Gasteiger partial charge in [-0.2, -0.15) is 0 Å². The summed E-state index contributed by atoms with van der Waals surface area (Å²) in [5, 5.41) is 8.59. The fourth-order valence-electron chi connectivity index (χ4n) is 0.840. The topological polar surface area (TPSA) is 59.4 Å². The first-order valence-corrected chi connectivity index (χ1v) is 4.14. The maximum atomic E-state index is 8.59. The Hall–Kier alpha value is -0.320. The van der Waals surface area contributed by atoms with Gasteiger partial charge in [-0.3, -0.25) is 0 Å². The van der Waals surface area contributed by atoms with E-state index in [0.717, 1.165) is 4.47 Å². The number of furan rings is 1. The molecule has 0 saturated heterocycles. The van der Waals surface area contributed by atoms with Gasteiger partial charge >= 0.3 is 0 Å². The smallest absolute Gasteiger partial charge is 0.134 e. The molecule has 1 rings (SSSR count). The third-order valence-corrected chi connectivity index (χ3v) is 2.08. The van der Waals surface area contributed by atoms with Crippen molar-refractivity contribution in [1.82, 2.24) is 0 Å². The van der Waals surface area contributed by atoms with Crippen LogP contribution >= 0.6 is 15.9 Å². The van der Waals surface area contributed by atoms with Crippen molar-refractivity contribution < 1.29 is 9.52 Å². The summed E-state index contributed by atoms with van der Waals surface area (Å²) in [6.07, 6.45) is 2.09. The highest BCUT2D eigenvalue weighted by molar-refractivity contribution is 9.10. The second-order valence-electron chi connectivity index (χ2n) is 2.25. The van der Waals surface area contributed by atoms with Crippen LogP contribution in [0.2, 0.25) is 0 Å². The molecule has 1 aromatic rings. The predicted octanol–water partition coefficient (Wildman–Crippen LogP) is 1.42. The van der Waals surface area contributed by atoms with Crippen molar-refractivity contribution in [3.05, 3.63) is 22.6 Å². The zero-order valence-corrected chi connectivity index (χ0v) is 7.54. The second-order valence-corrected chi connectivity index (χ2v) is 3.11. The lowest BCUT2D eigenvalue weighted by atomic mass is 10.2. The van der Waals surface area contributed by atoms with Crippen molar-refractivity contribution in [3.8, 4) is 0 Å². The Labute approximate surface area is 73.3 Å². The van der Waals surface area contributed by atoms with Crippen LogP contribution in [-0.2, 0) is 0 Å². The van der Waals surface area contributed by atoms with Crippen LogP contribution in [0.5, 0.6) is 0 Å². The Morgan fingerprint density at radius 3 is 2.91 bits per heavy atom. The molecule has 1 heterocycles. The van der Waals surface area contributed by atoms with Crippen molar-refractivity contribution in [1.29, 1.82) is 0 Å². The highest BCUT2D eigenvalue weighted by Gasteiger charge is 2.11. The van der Waals surface area contributed by atoms with E-state index >= 15 is 0 Å². The molecule has 0 amide bonds. The maximum Gasteiger partial charge on any atom is 0.134 e. The Bertz CT molecular complexity index is 224. The van der Waals surface area contributed by atoms with E-state index < -0.39 is 0 Å². The van der Waals surface area contributed by atoms with Crippen molar-refractivity contribution in [2.24, 2.45) is 5.73 Å². The van der Waals surface area contributed by atoms with E-state index in [9.17, 15) is 0 Å². The number of rotatable bonds is 3. The molecule has 3 N–H and O–H groups in total. The van der Waals surface area contributed by atoms with E-state index in [2.05, 4.69) is 15.9 Å². The summed E-state index contributed by atoms with van der Waals surface area (Å²) >= 11 is 3.28. The number of aliphatic hydroxyl groups excluding tert-OH is 1. The Kier molecular flexibility index (Phi) is 3.11. The van der Waals surface area contributed by atoms with Crippen molar-refractivity contribution in [2.75, 3.05) is 6.61 Å². The molecule has 0 aliphatic carbocycles. The second kappa shape index (κ2) is 3.90. The summed E-state index contributed by atoms with van der Waals surface area (Å²) in [7, 11) is 0. The van der Waals surface area contributed by atoms with Crippen molar-refractivity contribution >= 4 is 15.9 Å². The van der Waals surface area contributed by atoms with Gasteiger partial charge in [0.2, 0.25) is 0 Å². The van der Waals surface area contributed by atoms with Gasteiger partial charge in [0, 0.05) is 6.61 Å². The van der Waals surface area contributed by atoms with Gasteiger partial charge in [-0.05, 0) is 28.4 Å². The van der Waals surface area contributed by atoms with Gasteiger partial charge < -0.3 is 15.3 Å². The molecule has 1 atom stereocenters. The monoisotopic (exact) mass is 219 g/mol. The van der Waals surface area contributed by atoms with E-state index in [1.54, 1.807) is 12.3 Å². The molecule has 0 bridgehead atoms. The van der Waals surface area contributed by atoms with Crippen LogP contribution in [0.3, 0.4) is 0 Å². The normalized spacial score (nSPS) is 13.4. The molecule has 0 aliphatic heterocycles. The average Bonchev–Trinajstić information content (AvgIpc) is 2.36. The molecule has 1 unspecified atom stereocenters. The lowest BCUT2D eigenvalue weighted by Gasteiger charge is -2.05. The minimum Gasteiger partial charge on any atom is -0.466 e. The summed E-state index contributed by atoms with van der Waals surface area (Å²) in [6.45, 7) is 0.0777. The van der Waals surface area contributed by atoms with Crippen LogP contribution < -0.4 is 5.73 Å². The number of halogens is 1. The number of aliphatic hydroxyl groups is 1. The molecule has 0 saturated carbocycles. The average molecular weight is 220 g/mol. The number of nitrogens with two attached hydrogens (primary N) is 1. The first kappa shape index (κ1) is 8.77. The Morgan fingerprint density at radius 1 is 1.73 bits per heavy atom. The Balaban J connectivity index is 2.67. The van der Waals surface area contributed by atoms with Crippen molar-refractivity contribution in [3.63, 3.8) is 0 Å². The molecule has 4 heteroatoms. The van der Waals surface area contributed by atoms with E-state index in [4.69, 9.17) is 15.3 Å². The number of hydrogen-bond donors (Lipinski definition) is 2. The van der Waals surface area contributed by atoms with Crippen LogP contribution in [0.4, 0.5) is 0 Å². The standard InChI is InChI=1S/C7H10BrNO2/c8-5-2-4-11-7(5)6(9)1-3-10/h2,4,6,10H,1,3,9H2. The lowest BCUT2D eigenvalue weighted by Crippen LogP contribution is -2.11. The summed E-state index contributed by atoms with van der Waals surface area (Å²) in [6, 6.07) is 1.57. The van der Waals surface area contributed by atoms with E-state index in [1.807, 2.05) is 0 Å².